The van der Waals surface area contributed by atoms with Gasteiger partial charge in [-0.3, -0.25) is 9.89 Å². The molecule has 1 unspecified atom stereocenters. The number of nitrogens with one attached hydrogen (secondary N) is 1. The highest BCUT2D eigenvalue weighted by Gasteiger charge is 2.42. The Labute approximate surface area is 222 Å². The zero-order valence-corrected chi connectivity index (χ0v) is 22.1. The van der Waals surface area contributed by atoms with Crippen LogP contribution >= 0.6 is 0 Å². The summed E-state index contributed by atoms with van der Waals surface area (Å²) in [7, 11) is 1.62. The van der Waals surface area contributed by atoms with Gasteiger partial charge in [0, 0.05) is 17.7 Å². The average Bonchev–Trinajstić information content (AvgIpc) is 3.45. The molecule has 0 saturated heterocycles. The molecule has 1 amide bonds. The molecule has 196 valence electrons. The van der Waals surface area contributed by atoms with E-state index in [-0.39, 0.29) is 11.7 Å². The third kappa shape index (κ3) is 5.01. The monoisotopic (exact) mass is 513 g/mol. The average molecular weight is 514 g/mol. The number of aromatic amines is 1. The number of benzene rings is 3. The molecule has 0 spiro atoms. The van der Waals surface area contributed by atoms with Crippen molar-refractivity contribution in [3.63, 3.8) is 0 Å². The van der Waals surface area contributed by atoms with Crippen molar-refractivity contribution < 1.29 is 18.7 Å². The van der Waals surface area contributed by atoms with Gasteiger partial charge in [-0.25, -0.2) is 4.39 Å². The van der Waals surface area contributed by atoms with Crippen LogP contribution in [-0.4, -0.2) is 34.7 Å². The first-order valence-electron chi connectivity index (χ1n) is 12.9. The normalized spacial score (nSPS) is 14.7. The summed E-state index contributed by atoms with van der Waals surface area (Å²) in [5, 5.41) is 7.55. The summed E-state index contributed by atoms with van der Waals surface area (Å²) in [6.45, 7) is 7.26. The third-order valence-electron chi connectivity index (χ3n) is 6.91. The Hall–Kier alpha value is -4.13. The smallest absolute Gasteiger partial charge is 0.273 e. The lowest BCUT2D eigenvalue weighted by Crippen LogP contribution is -2.29. The Morgan fingerprint density at radius 1 is 1.03 bits per heavy atom. The molecule has 0 aliphatic carbocycles. The molecule has 1 aromatic heterocycles. The Kier molecular flexibility index (Phi) is 7.18. The van der Waals surface area contributed by atoms with Gasteiger partial charge in [-0.05, 0) is 54.7 Å². The lowest BCUT2D eigenvalue weighted by atomic mass is 9.95. The number of carbonyl (C=O) groups is 1. The lowest BCUT2D eigenvalue weighted by Gasteiger charge is -2.27. The molecule has 0 fully saturated rings. The van der Waals surface area contributed by atoms with Crippen LogP contribution in [0, 0.1) is 18.7 Å². The molecular formula is C31H32FN3O3. The van der Waals surface area contributed by atoms with Crippen molar-refractivity contribution in [3.8, 4) is 22.8 Å². The molecule has 1 aliphatic rings. The van der Waals surface area contributed by atoms with Crippen LogP contribution in [0.3, 0.4) is 0 Å². The predicted octanol–water partition coefficient (Wildman–Crippen LogP) is 6.70. The Bertz CT molecular complexity index is 1430. The fourth-order valence-corrected chi connectivity index (χ4v) is 4.80. The van der Waals surface area contributed by atoms with E-state index in [1.165, 1.54) is 12.1 Å². The molecule has 1 N–H and O–H groups in total. The zero-order valence-electron chi connectivity index (χ0n) is 22.1. The van der Waals surface area contributed by atoms with Gasteiger partial charge in [0.2, 0.25) is 0 Å². The van der Waals surface area contributed by atoms with Crippen LogP contribution in [0.25, 0.3) is 11.3 Å². The van der Waals surface area contributed by atoms with Crippen molar-refractivity contribution in [1.82, 2.24) is 15.1 Å². The molecule has 0 saturated carbocycles. The van der Waals surface area contributed by atoms with Crippen molar-refractivity contribution >= 4 is 5.91 Å². The molecule has 1 atom stereocenters. The maximum absolute atomic E-state index is 13.7. The molecule has 3 aromatic carbocycles. The highest BCUT2D eigenvalue weighted by molar-refractivity contribution is 6.00. The Morgan fingerprint density at radius 2 is 1.76 bits per heavy atom. The van der Waals surface area contributed by atoms with E-state index in [2.05, 4.69) is 24.0 Å². The van der Waals surface area contributed by atoms with E-state index in [1.54, 1.807) is 24.1 Å². The number of halogens is 1. The summed E-state index contributed by atoms with van der Waals surface area (Å²) in [6, 6.07) is 19.7. The standard InChI is InChI=1S/C31H32FN3O3/c1-19(2)15-16-38-25-14-11-23(17-26(25)37-4)30-27-28(22-9-5-20(3)6-10-22)33-34-29(27)31(36)35(30)18-21-7-12-24(32)13-8-21/h5-14,17,19,30H,15-16,18H2,1-4H3,(H,33,34). The molecule has 6 nitrogen and oxygen atoms in total. The minimum Gasteiger partial charge on any atom is -0.493 e. The van der Waals surface area contributed by atoms with Crippen LogP contribution in [-0.2, 0) is 6.54 Å². The van der Waals surface area contributed by atoms with Crippen molar-refractivity contribution in [1.29, 1.82) is 0 Å². The molecule has 4 aromatic rings. The number of aromatic nitrogens is 2. The number of carbonyl (C=O) groups excluding carboxylic acids is 1. The van der Waals surface area contributed by atoms with E-state index < -0.39 is 6.04 Å². The predicted molar refractivity (Wildman–Crippen MR) is 145 cm³/mol. The van der Waals surface area contributed by atoms with Gasteiger partial charge in [-0.2, -0.15) is 5.10 Å². The van der Waals surface area contributed by atoms with Gasteiger partial charge in [0.25, 0.3) is 5.91 Å². The van der Waals surface area contributed by atoms with E-state index in [9.17, 15) is 9.18 Å². The van der Waals surface area contributed by atoms with Crippen LogP contribution in [0.5, 0.6) is 11.5 Å². The summed E-state index contributed by atoms with van der Waals surface area (Å²) in [6.07, 6.45) is 0.936. The second kappa shape index (κ2) is 10.7. The second-order valence-corrected chi connectivity index (χ2v) is 10.1. The Balaban J connectivity index is 1.58. The first-order valence-corrected chi connectivity index (χ1v) is 12.9. The summed E-state index contributed by atoms with van der Waals surface area (Å²) >= 11 is 0. The van der Waals surface area contributed by atoms with Gasteiger partial charge in [0.15, 0.2) is 11.5 Å². The minimum absolute atomic E-state index is 0.156. The molecule has 38 heavy (non-hydrogen) atoms. The van der Waals surface area contributed by atoms with E-state index in [4.69, 9.17) is 9.47 Å². The molecule has 0 bridgehead atoms. The lowest BCUT2D eigenvalue weighted by molar-refractivity contribution is 0.0730. The second-order valence-electron chi connectivity index (χ2n) is 10.1. The summed E-state index contributed by atoms with van der Waals surface area (Å²) in [5.41, 5.74) is 5.79. The van der Waals surface area contributed by atoms with E-state index in [0.29, 0.717) is 36.3 Å². The highest BCUT2D eigenvalue weighted by atomic mass is 19.1. The number of aryl methyl sites for hydroxylation is 1. The largest absolute Gasteiger partial charge is 0.493 e. The zero-order chi connectivity index (χ0) is 26.8. The molecular weight excluding hydrogens is 481 g/mol. The highest BCUT2D eigenvalue weighted by Crippen LogP contribution is 2.45. The van der Waals surface area contributed by atoms with Crippen LogP contribution in [0.2, 0.25) is 0 Å². The van der Waals surface area contributed by atoms with Crippen molar-refractivity contribution in [2.24, 2.45) is 5.92 Å². The van der Waals surface area contributed by atoms with Gasteiger partial charge in [0.05, 0.1) is 25.5 Å². The first-order chi connectivity index (χ1) is 18.4. The fraction of sp³-hybridized carbons (Fsp3) is 0.290. The summed E-state index contributed by atoms with van der Waals surface area (Å²) < 4.78 is 25.3. The third-order valence-corrected chi connectivity index (χ3v) is 6.91. The van der Waals surface area contributed by atoms with Crippen molar-refractivity contribution in [2.75, 3.05) is 13.7 Å². The van der Waals surface area contributed by atoms with Crippen LogP contribution in [0.4, 0.5) is 4.39 Å². The van der Waals surface area contributed by atoms with E-state index in [0.717, 1.165) is 39.9 Å². The molecule has 5 rings (SSSR count). The van der Waals surface area contributed by atoms with Gasteiger partial charge >= 0.3 is 0 Å². The number of amides is 1. The van der Waals surface area contributed by atoms with Gasteiger partial charge < -0.3 is 14.4 Å². The summed E-state index contributed by atoms with van der Waals surface area (Å²) in [4.78, 5) is 15.5. The minimum atomic E-state index is -0.420. The topological polar surface area (TPSA) is 67.5 Å². The molecule has 1 aliphatic heterocycles. The number of nitrogens with zero attached hydrogens (tertiary/aromatic N) is 2. The quantitative estimate of drug-likeness (QED) is 0.270. The fourth-order valence-electron chi connectivity index (χ4n) is 4.80. The summed E-state index contributed by atoms with van der Waals surface area (Å²) in [5.74, 6) is 1.33. The molecule has 2 heterocycles. The maximum Gasteiger partial charge on any atom is 0.273 e. The van der Waals surface area contributed by atoms with Crippen LogP contribution < -0.4 is 9.47 Å². The number of ether oxygens (including phenoxy) is 2. The number of fused-ring (bicyclic) bond motifs is 1. The first kappa shape index (κ1) is 25.5. The Morgan fingerprint density at radius 3 is 2.45 bits per heavy atom. The van der Waals surface area contributed by atoms with Crippen LogP contribution in [0.15, 0.2) is 66.7 Å². The van der Waals surface area contributed by atoms with Crippen molar-refractivity contribution in [2.45, 2.75) is 39.8 Å². The molecule has 7 heteroatoms. The van der Waals surface area contributed by atoms with Crippen LogP contribution in [0.1, 0.15) is 59.1 Å². The number of H-pyrrole nitrogens is 1. The SMILES string of the molecule is COc1cc(C2c3c(-c4ccc(C)cc4)n[nH]c3C(=O)N2Cc2ccc(F)cc2)ccc1OCCC(C)C. The van der Waals surface area contributed by atoms with Gasteiger partial charge in [0.1, 0.15) is 11.5 Å². The number of hydrogen-bond donors (Lipinski definition) is 1. The van der Waals surface area contributed by atoms with Crippen molar-refractivity contribution in [3.05, 3.63) is 100 Å². The van der Waals surface area contributed by atoms with E-state index in [1.807, 2.05) is 49.4 Å². The maximum atomic E-state index is 13.7. The van der Waals surface area contributed by atoms with Gasteiger partial charge in [-0.1, -0.05) is 61.9 Å². The van der Waals surface area contributed by atoms with Gasteiger partial charge in [-0.15, -0.1) is 0 Å². The molecule has 0 radical (unpaired) electrons. The number of rotatable bonds is 9. The van der Waals surface area contributed by atoms with E-state index >= 15 is 0 Å². The number of hydrogen-bond acceptors (Lipinski definition) is 4. The number of methoxy groups -OCH3 is 1.